The third-order valence-electron chi connectivity index (χ3n) is 6.76. The van der Waals surface area contributed by atoms with E-state index in [2.05, 4.69) is 5.32 Å². The van der Waals surface area contributed by atoms with Gasteiger partial charge in [-0.25, -0.2) is 0 Å². The zero-order chi connectivity index (χ0) is 23.0. The number of carbonyl (C=O) groups is 2. The molecule has 1 aliphatic heterocycles. The van der Waals surface area contributed by atoms with E-state index in [9.17, 15) is 9.59 Å². The highest BCUT2D eigenvalue weighted by atomic mass is 16.5. The van der Waals surface area contributed by atoms with Crippen LogP contribution in [0.3, 0.4) is 0 Å². The molecule has 2 aromatic carbocycles. The fraction of sp³-hybridized carbons (Fsp3) is 0.481. The molecule has 2 fully saturated rings. The molecule has 0 aromatic heterocycles. The van der Waals surface area contributed by atoms with E-state index in [1.54, 1.807) is 25.3 Å². The van der Waals surface area contributed by atoms with E-state index in [1.165, 1.54) is 19.3 Å². The quantitative estimate of drug-likeness (QED) is 0.671. The van der Waals surface area contributed by atoms with Gasteiger partial charge >= 0.3 is 0 Å². The summed E-state index contributed by atoms with van der Waals surface area (Å²) in [5.41, 5.74) is 1.61. The van der Waals surface area contributed by atoms with Crippen molar-refractivity contribution in [3.8, 4) is 11.5 Å². The Morgan fingerprint density at radius 1 is 0.939 bits per heavy atom. The van der Waals surface area contributed by atoms with Gasteiger partial charge in [0.05, 0.1) is 7.11 Å². The Morgan fingerprint density at radius 3 is 2.36 bits per heavy atom. The summed E-state index contributed by atoms with van der Waals surface area (Å²) in [5, 5.41) is 3.13. The molecule has 0 atom stereocenters. The standard InChI is InChI=1S/C27H34N2O4/c1-32-25-18-22(12-13-24(25)33-19-20-8-4-2-5-9-20)26(30)28-23-14-16-29(17-15-23)27(31)21-10-6-3-7-11-21/h2,4-5,8-9,12-13,18,21,23H,3,6-7,10-11,14-17,19H2,1H3,(H,28,30). The van der Waals surface area contributed by atoms with Crippen molar-refractivity contribution in [2.45, 2.75) is 57.6 Å². The van der Waals surface area contributed by atoms with Gasteiger partial charge < -0.3 is 19.7 Å². The highest BCUT2D eigenvalue weighted by Gasteiger charge is 2.29. The highest BCUT2D eigenvalue weighted by Crippen LogP contribution is 2.29. The monoisotopic (exact) mass is 450 g/mol. The topological polar surface area (TPSA) is 67.9 Å². The molecule has 1 aliphatic carbocycles. The molecular weight excluding hydrogens is 416 g/mol. The number of methoxy groups -OCH3 is 1. The normalized spacial score (nSPS) is 17.4. The first kappa shape index (κ1) is 23.1. The fourth-order valence-electron chi connectivity index (χ4n) is 4.78. The van der Waals surface area contributed by atoms with Gasteiger partial charge in [-0.05, 0) is 49.4 Å². The molecule has 0 spiro atoms. The van der Waals surface area contributed by atoms with Crippen LogP contribution in [0.4, 0.5) is 0 Å². The Morgan fingerprint density at radius 2 is 1.67 bits per heavy atom. The second-order valence-corrected chi connectivity index (χ2v) is 9.05. The summed E-state index contributed by atoms with van der Waals surface area (Å²) in [6, 6.07) is 15.3. The number of nitrogens with zero attached hydrogens (tertiary/aromatic N) is 1. The van der Waals surface area contributed by atoms with Crippen LogP contribution >= 0.6 is 0 Å². The van der Waals surface area contributed by atoms with E-state index in [4.69, 9.17) is 9.47 Å². The molecule has 2 aliphatic rings. The molecule has 1 heterocycles. The largest absolute Gasteiger partial charge is 0.493 e. The van der Waals surface area contributed by atoms with Gasteiger partial charge in [0, 0.05) is 30.6 Å². The molecule has 33 heavy (non-hydrogen) atoms. The maximum Gasteiger partial charge on any atom is 0.251 e. The average Bonchev–Trinajstić information content (AvgIpc) is 2.88. The molecule has 6 heteroatoms. The van der Waals surface area contributed by atoms with Crippen molar-refractivity contribution >= 4 is 11.8 Å². The van der Waals surface area contributed by atoms with Gasteiger partial charge in [0.2, 0.25) is 5.91 Å². The Balaban J connectivity index is 1.29. The van der Waals surface area contributed by atoms with Crippen molar-refractivity contribution in [3.63, 3.8) is 0 Å². The number of rotatable bonds is 7. The molecule has 1 saturated carbocycles. The Labute approximate surface area is 196 Å². The van der Waals surface area contributed by atoms with Crippen molar-refractivity contribution in [1.82, 2.24) is 10.2 Å². The molecule has 4 rings (SSSR count). The van der Waals surface area contributed by atoms with E-state index in [-0.39, 0.29) is 17.9 Å². The second-order valence-electron chi connectivity index (χ2n) is 9.05. The number of likely N-dealkylation sites (tertiary alicyclic amines) is 1. The van der Waals surface area contributed by atoms with Gasteiger partial charge in [0.25, 0.3) is 5.91 Å². The van der Waals surface area contributed by atoms with Crippen molar-refractivity contribution in [2.75, 3.05) is 20.2 Å². The first-order chi connectivity index (χ1) is 16.1. The van der Waals surface area contributed by atoms with Crippen LogP contribution in [0.15, 0.2) is 48.5 Å². The summed E-state index contributed by atoms with van der Waals surface area (Å²) in [4.78, 5) is 27.6. The molecule has 2 aromatic rings. The minimum absolute atomic E-state index is 0.0768. The molecule has 6 nitrogen and oxygen atoms in total. The summed E-state index contributed by atoms with van der Waals surface area (Å²) in [6.45, 7) is 1.87. The van der Waals surface area contributed by atoms with E-state index >= 15 is 0 Å². The lowest BCUT2D eigenvalue weighted by molar-refractivity contribution is -0.137. The van der Waals surface area contributed by atoms with Gasteiger partial charge in [-0.3, -0.25) is 9.59 Å². The predicted molar refractivity (Wildman–Crippen MR) is 127 cm³/mol. The Kier molecular flexibility index (Phi) is 7.87. The lowest BCUT2D eigenvalue weighted by Gasteiger charge is -2.35. The van der Waals surface area contributed by atoms with Gasteiger partial charge in [-0.15, -0.1) is 0 Å². The lowest BCUT2D eigenvalue weighted by atomic mass is 9.87. The van der Waals surface area contributed by atoms with Crippen LogP contribution in [0.25, 0.3) is 0 Å². The summed E-state index contributed by atoms with van der Waals surface area (Å²) in [5.74, 6) is 1.54. The summed E-state index contributed by atoms with van der Waals surface area (Å²) >= 11 is 0. The number of hydrogen-bond acceptors (Lipinski definition) is 4. The Bertz CT molecular complexity index is 932. The molecule has 1 saturated heterocycles. The van der Waals surface area contributed by atoms with Gasteiger partial charge in [0.15, 0.2) is 11.5 Å². The predicted octanol–water partition coefficient (Wildman–Crippen LogP) is 4.58. The number of carbonyl (C=O) groups excluding carboxylic acids is 2. The number of ether oxygens (including phenoxy) is 2. The SMILES string of the molecule is COc1cc(C(=O)NC2CCN(C(=O)C3CCCCC3)CC2)ccc1OCc1ccccc1. The van der Waals surface area contributed by atoms with Gasteiger partial charge in [-0.1, -0.05) is 49.6 Å². The molecule has 0 radical (unpaired) electrons. The van der Waals surface area contributed by atoms with E-state index in [1.807, 2.05) is 35.2 Å². The van der Waals surface area contributed by atoms with Crippen LogP contribution in [0.1, 0.15) is 60.9 Å². The average molecular weight is 451 g/mol. The van der Waals surface area contributed by atoms with E-state index in [0.29, 0.717) is 29.6 Å². The maximum absolute atomic E-state index is 12.8. The summed E-state index contributed by atoms with van der Waals surface area (Å²) in [6.07, 6.45) is 7.23. The van der Waals surface area contributed by atoms with Crippen LogP contribution < -0.4 is 14.8 Å². The fourth-order valence-corrected chi connectivity index (χ4v) is 4.78. The van der Waals surface area contributed by atoms with Gasteiger partial charge in [0.1, 0.15) is 6.61 Å². The minimum atomic E-state index is -0.125. The van der Waals surface area contributed by atoms with Crippen molar-refractivity contribution in [3.05, 3.63) is 59.7 Å². The third kappa shape index (κ3) is 6.06. The molecule has 0 bridgehead atoms. The van der Waals surface area contributed by atoms with E-state index < -0.39 is 0 Å². The maximum atomic E-state index is 12.8. The van der Waals surface area contributed by atoms with Gasteiger partial charge in [-0.2, -0.15) is 0 Å². The Hall–Kier alpha value is -3.02. The van der Waals surface area contributed by atoms with Crippen molar-refractivity contribution in [2.24, 2.45) is 5.92 Å². The van der Waals surface area contributed by atoms with E-state index in [0.717, 1.165) is 44.3 Å². The molecule has 0 unspecified atom stereocenters. The number of piperidine rings is 1. The highest BCUT2D eigenvalue weighted by molar-refractivity contribution is 5.95. The summed E-state index contributed by atoms with van der Waals surface area (Å²) in [7, 11) is 1.57. The zero-order valence-electron chi connectivity index (χ0n) is 19.4. The smallest absolute Gasteiger partial charge is 0.251 e. The number of amides is 2. The minimum Gasteiger partial charge on any atom is -0.493 e. The number of nitrogens with one attached hydrogen (secondary N) is 1. The van der Waals surface area contributed by atoms with Crippen LogP contribution in [0.5, 0.6) is 11.5 Å². The third-order valence-corrected chi connectivity index (χ3v) is 6.76. The summed E-state index contributed by atoms with van der Waals surface area (Å²) < 4.78 is 11.4. The first-order valence-corrected chi connectivity index (χ1v) is 12.1. The molecule has 176 valence electrons. The molecule has 2 amide bonds. The first-order valence-electron chi connectivity index (χ1n) is 12.1. The molecule has 1 N–H and O–H groups in total. The van der Waals surface area contributed by atoms with Crippen LogP contribution in [0.2, 0.25) is 0 Å². The van der Waals surface area contributed by atoms with Crippen LogP contribution in [0, 0.1) is 5.92 Å². The zero-order valence-corrected chi connectivity index (χ0v) is 19.4. The second kappa shape index (κ2) is 11.2. The van der Waals surface area contributed by atoms with Crippen LogP contribution in [-0.4, -0.2) is 43.0 Å². The van der Waals surface area contributed by atoms with Crippen LogP contribution in [-0.2, 0) is 11.4 Å². The van der Waals surface area contributed by atoms with Crippen molar-refractivity contribution < 1.29 is 19.1 Å². The molecular formula is C27H34N2O4. The number of benzene rings is 2. The number of hydrogen-bond donors (Lipinski definition) is 1. The lowest BCUT2D eigenvalue weighted by Crippen LogP contribution is -2.48. The van der Waals surface area contributed by atoms with Crippen molar-refractivity contribution in [1.29, 1.82) is 0 Å².